The van der Waals surface area contributed by atoms with Crippen LogP contribution in [0.5, 0.6) is 5.75 Å². The molecule has 1 aromatic carbocycles. The molecule has 0 radical (unpaired) electrons. The monoisotopic (exact) mass is 368 g/mol. The molecule has 0 unspecified atom stereocenters. The van der Waals surface area contributed by atoms with Crippen LogP contribution in [0.25, 0.3) is 0 Å². The molecule has 0 bridgehead atoms. The second-order valence-electron chi connectivity index (χ2n) is 7.02. The van der Waals surface area contributed by atoms with E-state index in [1.165, 1.54) is 0 Å². The average molecular weight is 368 g/mol. The summed E-state index contributed by atoms with van der Waals surface area (Å²) in [7, 11) is 0. The van der Waals surface area contributed by atoms with Gasteiger partial charge in [0.2, 0.25) is 0 Å². The maximum absolute atomic E-state index is 12.8. The minimum Gasteiger partial charge on any atom is -0.471 e. The molecule has 1 fully saturated rings. The number of carbonyl (C=O) groups excluding carboxylic acids is 1. The van der Waals surface area contributed by atoms with Gasteiger partial charge in [-0.2, -0.15) is 5.10 Å². The fourth-order valence-corrected chi connectivity index (χ4v) is 3.25. The largest absolute Gasteiger partial charge is 0.471 e. The number of aryl methyl sites for hydroxylation is 2. The van der Waals surface area contributed by atoms with E-state index in [2.05, 4.69) is 22.6 Å². The Kier molecular flexibility index (Phi) is 6.29. The van der Waals surface area contributed by atoms with Crippen molar-refractivity contribution in [2.75, 3.05) is 32.7 Å². The van der Waals surface area contributed by atoms with E-state index in [0.29, 0.717) is 5.69 Å². The lowest BCUT2D eigenvalue weighted by Crippen LogP contribution is -2.35. The number of nitrogens with zero attached hydrogens (tertiary/aromatic N) is 4. The van der Waals surface area contributed by atoms with Crippen molar-refractivity contribution in [3.05, 3.63) is 59.9 Å². The van der Waals surface area contributed by atoms with Crippen LogP contribution in [0, 0.1) is 13.8 Å². The summed E-state index contributed by atoms with van der Waals surface area (Å²) in [5.41, 5.74) is 2.70. The summed E-state index contributed by atoms with van der Waals surface area (Å²) in [6.45, 7) is 12.3. The van der Waals surface area contributed by atoms with Crippen molar-refractivity contribution in [1.29, 1.82) is 0 Å². The lowest BCUT2D eigenvalue weighted by Gasteiger charge is -2.20. The highest BCUT2D eigenvalue weighted by Crippen LogP contribution is 2.19. The Morgan fingerprint density at radius 1 is 1.22 bits per heavy atom. The third-order valence-electron chi connectivity index (χ3n) is 4.82. The number of carbonyl (C=O) groups is 1. The van der Waals surface area contributed by atoms with Crippen LogP contribution in [0.15, 0.2) is 43.1 Å². The van der Waals surface area contributed by atoms with Gasteiger partial charge in [-0.1, -0.05) is 18.2 Å². The second kappa shape index (κ2) is 8.86. The van der Waals surface area contributed by atoms with Crippen molar-refractivity contribution in [1.82, 2.24) is 19.6 Å². The standard InChI is InChI=1S/C21H28N4O2/c1-4-9-23-10-5-11-24(14-13-23)21(26)19-8-12-25(22-19)16-27-20-15-17(2)6-7-18(20)3/h4,6-8,12,15H,1,5,9-11,13-14,16H2,2-3H3. The molecule has 1 saturated heterocycles. The highest BCUT2D eigenvalue weighted by atomic mass is 16.5. The van der Waals surface area contributed by atoms with Gasteiger partial charge in [0, 0.05) is 38.9 Å². The van der Waals surface area contributed by atoms with Gasteiger partial charge < -0.3 is 9.64 Å². The Morgan fingerprint density at radius 2 is 2.07 bits per heavy atom. The fourth-order valence-electron chi connectivity index (χ4n) is 3.25. The van der Waals surface area contributed by atoms with Crippen LogP contribution in [0.4, 0.5) is 0 Å². The number of hydrogen-bond acceptors (Lipinski definition) is 4. The summed E-state index contributed by atoms with van der Waals surface area (Å²) in [4.78, 5) is 17.0. The minimum atomic E-state index is -0.0130. The smallest absolute Gasteiger partial charge is 0.274 e. The molecule has 6 nitrogen and oxygen atoms in total. The van der Waals surface area contributed by atoms with E-state index in [1.807, 2.05) is 37.0 Å². The van der Waals surface area contributed by atoms with E-state index < -0.39 is 0 Å². The van der Waals surface area contributed by atoms with E-state index in [1.54, 1.807) is 16.9 Å². The second-order valence-corrected chi connectivity index (χ2v) is 7.02. The van der Waals surface area contributed by atoms with Crippen LogP contribution >= 0.6 is 0 Å². The van der Waals surface area contributed by atoms with Crippen LogP contribution in [0.2, 0.25) is 0 Å². The van der Waals surface area contributed by atoms with Crippen molar-refractivity contribution < 1.29 is 9.53 Å². The van der Waals surface area contributed by atoms with Crippen molar-refractivity contribution >= 4 is 5.91 Å². The first-order valence-electron chi connectivity index (χ1n) is 9.43. The van der Waals surface area contributed by atoms with Crippen LogP contribution in [-0.4, -0.2) is 58.2 Å². The summed E-state index contributed by atoms with van der Waals surface area (Å²) < 4.78 is 7.53. The first kappa shape index (κ1) is 19.2. The Morgan fingerprint density at radius 3 is 2.89 bits per heavy atom. The van der Waals surface area contributed by atoms with Crippen LogP contribution in [0.3, 0.4) is 0 Å². The summed E-state index contributed by atoms with van der Waals surface area (Å²) >= 11 is 0. The molecule has 0 aliphatic carbocycles. The van der Waals surface area contributed by atoms with Crippen molar-refractivity contribution in [2.24, 2.45) is 0 Å². The number of benzene rings is 1. The highest BCUT2D eigenvalue weighted by molar-refractivity contribution is 5.92. The van der Waals surface area contributed by atoms with E-state index >= 15 is 0 Å². The van der Waals surface area contributed by atoms with E-state index in [0.717, 1.165) is 56.0 Å². The molecule has 1 amide bonds. The molecular formula is C21H28N4O2. The maximum atomic E-state index is 12.8. The van der Waals surface area contributed by atoms with Crippen molar-refractivity contribution in [3.63, 3.8) is 0 Å². The molecule has 3 rings (SSSR count). The molecule has 2 heterocycles. The van der Waals surface area contributed by atoms with Crippen LogP contribution in [-0.2, 0) is 6.73 Å². The first-order valence-corrected chi connectivity index (χ1v) is 9.43. The molecule has 0 atom stereocenters. The molecule has 0 N–H and O–H groups in total. The average Bonchev–Trinajstić information content (AvgIpc) is 3.01. The zero-order valence-corrected chi connectivity index (χ0v) is 16.2. The van der Waals surface area contributed by atoms with Gasteiger partial charge in [0.25, 0.3) is 5.91 Å². The van der Waals surface area contributed by atoms with E-state index in [9.17, 15) is 4.79 Å². The molecule has 144 valence electrons. The summed E-state index contributed by atoms with van der Waals surface area (Å²) in [6.07, 6.45) is 4.67. The molecule has 1 aliphatic rings. The Hall–Kier alpha value is -2.60. The van der Waals surface area contributed by atoms with Gasteiger partial charge in [-0.3, -0.25) is 9.69 Å². The van der Waals surface area contributed by atoms with E-state index in [4.69, 9.17) is 4.74 Å². The maximum Gasteiger partial charge on any atom is 0.274 e. The lowest BCUT2D eigenvalue weighted by atomic mass is 10.1. The van der Waals surface area contributed by atoms with Crippen molar-refractivity contribution in [3.8, 4) is 5.75 Å². The summed E-state index contributed by atoms with van der Waals surface area (Å²) in [5.74, 6) is 0.828. The SMILES string of the molecule is C=CCN1CCCN(C(=O)c2ccn(COc3cc(C)ccc3C)n2)CC1. The van der Waals surface area contributed by atoms with Gasteiger partial charge in [0.1, 0.15) is 5.75 Å². The molecule has 6 heteroatoms. The zero-order valence-electron chi connectivity index (χ0n) is 16.2. The van der Waals surface area contributed by atoms with Gasteiger partial charge in [0.15, 0.2) is 12.4 Å². The third kappa shape index (κ3) is 4.98. The lowest BCUT2D eigenvalue weighted by molar-refractivity contribution is 0.0754. The Labute approximate surface area is 161 Å². The molecule has 1 aromatic heterocycles. The summed E-state index contributed by atoms with van der Waals surface area (Å²) in [5, 5.41) is 4.41. The number of amides is 1. The van der Waals surface area contributed by atoms with Crippen LogP contribution in [0.1, 0.15) is 28.0 Å². The highest BCUT2D eigenvalue weighted by Gasteiger charge is 2.21. The predicted octanol–water partition coefficient (Wildman–Crippen LogP) is 2.87. The molecule has 1 aliphatic heterocycles. The zero-order chi connectivity index (χ0) is 19.2. The third-order valence-corrected chi connectivity index (χ3v) is 4.82. The fraction of sp³-hybridized carbons (Fsp3) is 0.429. The topological polar surface area (TPSA) is 50.6 Å². The normalized spacial score (nSPS) is 15.4. The van der Waals surface area contributed by atoms with Gasteiger partial charge >= 0.3 is 0 Å². The molecule has 27 heavy (non-hydrogen) atoms. The van der Waals surface area contributed by atoms with Gasteiger partial charge in [0.05, 0.1) is 0 Å². The Bertz CT molecular complexity index is 799. The molecule has 2 aromatic rings. The summed E-state index contributed by atoms with van der Waals surface area (Å²) in [6, 6.07) is 7.88. The Balaban J connectivity index is 1.59. The van der Waals surface area contributed by atoms with Gasteiger partial charge in [-0.15, -0.1) is 6.58 Å². The number of ether oxygens (including phenoxy) is 1. The number of rotatable bonds is 6. The van der Waals surface area contributed by atoms with Crippen molar-refractivity contribution in [2.45, 2.75) is 27.0 Å². The predicted molar refractivity (Wildman–Crippen MR) is 106 cm³/mol. The number of hydrogen-bond donors (Lipinski definition) is 0. The molecule has 0 spiro atoms. The molecule has 0 saturated carbocycles. The van der Waals surface area contributed by atoms with Gasteiger partial charge in [-0.05, 0) is 43.5 Å². The molecular weight excluding hydrogens is 340 g/mol. The number of aromatic nitrogens is 2. The minimum absolute atomic E-state index is 0.0130. The van der Waals surface area contributed by atoms with E-state index in [-0.39, 0.29) is 12.6 Å². The first-order chi connectivity index (χ1) is 13.1. The van der Waals surface area contributed by atoms with Gasteiger partial charge in [-0.25, -0.2) is 4.68 Å². The van der Waals surface area contributed by atoms with Crippen LogP contribution < -0.4 is 4.74 Å². The quantitative estimate of drug-likeness (QED) is 0.736.